The van der Waals surface area contributed by atoms with Crippen LogP contribution in [-0.4, -0.2) is 12.9 Å². The first-order chi connectivity index (χ1) is 16.5. The number of rotatable bonds is 9. The summed E-state index contributed by atoms with van der Waals surface area (Å²) in [6.07, 6.45) is 6.86. The molecule has 0 N–H and O–H groups in total. The van der Waals surface area contributed by atoms with Crippen molar-refractivity contribution in [3.8, 4) is 11.5 Å². The van der Waals surface area contributed by atoms with Crippen molar-refractivity contribution >= 4 is 20.3 Å². The lowest BCUT2D eigenvalue weighted by Crippen LogP contribution is -2.14. The van der Waals surface area contributed by atoms with Gasteiger partial charge in [-0.25, -0.2) is 0 Å². The molecule has 1 aliphatic rings. The molecular formula is C27H25O6P. The van der Waals surface area contributed by atoms with Crippen LogP contribution in [-0.2, 0) is 18.7 Å². The Balaban J connectivity index is 2.27. The van der Waals surface area contributed by atoms with E-state index in [4.69, 9.17) is 14.0 Å². The van der Waals surface area contributed by atoms with Gasteiger partial charge >= 0.3 is 0 Å². The Morgan fingerprint density at radius 1 is 0.824 bits per heavy atom. The number of benzene rings is 2. The van der Waals surface area contributed by atoms with Crippen LogP contribution in [0.2, 0.25) is 0 Å². The molecule has 0 aliphatic carbocycles. The summed E-state index contributed by atoms with van der Waals surface area (Å²) in [5.74, 6) is 1.09. The highest BCUT2D eigenvalue weighted by Gasteiger charge is 2.46. The number of carbonyl (C=O) groups excluding carboxylic acids is 2. The molecule has 6 nitrogen and oxygen atoms in total. The molecule has 0 bridgehead atoms. The molecule has 7 heteroatoms. The van der Waals surface area contributed by atoms with Crippen molar-refractivity contribution < 1.29 is 28.2 Å². The minimum Gasteiger partial charge on any atom is -0.439 e. The molecule has 0 fully saturated rings. The molecule has 0 spiro atoms. The first-order valence-corrected chi connectivity index (χ1v) is 12.2. The molecule has 0 saturated carbocycles. The molecule has 0 amide bonds. The first-order valence-electron chi connectivity index (χ1n) is 10.5. The minimum atomic E-state index is -3.64. The third-order valence-electron chi connectivity index (χ3n) is 5.45. The Bertz CT molecular complexity index is 1180. The summed E-state index contributed by atoms with van der Waals surface area (Å²) in [7, 11) is -3.64. The number of allylic oxidation sites excluding steroid dienone is 7. The van der Waals surface area contributed by atoms with Crippen LogP contribution in [0.4, 0.5) is 0 Å². The topological polar surface area (TPSA) is 78.9 Å². The molecule has 1 atom stereocenters. The number of hydrogen-bond donors (Lipinski definition) is 0. The van der Waals surface area contributed by atoms with Crippen LogP contribution in [0.5, 0.6) is 11.5 Å². The molecule has 3 rings (SSSR count). The average molecular weight is 476 g/mol. The normalized spacial score (nSPS) is 20.1. The third-order valence-corrected chi connectivity index (χ3v) is 8.37. The van der Waals surface area contributed by atoms with Crippen molar-refractivity contribution in [3.63, 3.8) is 0 Å². The maximum Gasteiger partial charge on any atom is 0.298 e. The van der Waals surface area contributed by atoms with Gasteiger partial charge in [-0.15, -0.1) is 0 Å². The molecule has 0 aromatic heterocycles. The Morgan fingerprint density at radius 2 is 1.32 bits per heavy atom. The van der Waals surface area contributed by atoms with Crippen molar-refractivity contribution in [1.29, 1.82) is 0 Å². The molecule has 1 aliphatic heterocycles. The fourth-order valence-corrected chi connectivity index (χ4v) is 7.05. The van der Waals surface area contributed by atoms with Gasteiger partial charge in [0.25, 0.3) is 20.3 Å². The number of carbonyl (C=O) groups is 2. The second kappa shape index (κ2) is 10.8. The standard InChI is InChI=1S/C27H25O6P/c1-5-23-24(6-2)26(8-4)34(30,33-25(23)7-3)27(19-9-13-21(14-10-19)31-17-28)20-11-15-22(16-12-20)32-18-29/h5-18,27H,1,3H2,2,4H3/b24-6-,26-8+. The predicted molar refractivity (Wildman–Crippen MR) is 132 cm³/mol. The van der Waals surface area contributed by atoms with Gasteiger partial charge in [0.05, 0.1) is 5.31 Å². The lowest BCUT2D eigenvalue weighted by Gasteiger charge is -2.36. The number of ether oxygens (including phenoxy) is 2. The van der Waals surface area contributed by atoms with Crippen LogP contribution in [0.3, 0.4) is 0 Å². The molecule has 0 radical (unpaired) electrons. The lowest BCUT2D eigenvalue weighted by molar-refractivity contribution is -0.121. The summed E-state index contributed by atoms with van der Waals surface area (Å²) in [5.41, 5.74) is 2.12. The second-order valence-electron chi connectivity index (χ2n) is 7.22. The van der Waals surface area contributed by atoms with E-state index < -0.39 is 13.0 Å². The molecule has 2 aromatic carbocycles. The smallest absolute Gasteiger partial charge is 0.298 e. The zero-order valence-electron chi connectivity index (χ0n) is 19.0. The van der Waals surface area contributed by atoms with Crippen LogP contribution in [0.25, 0.3) is 0 Å². The Labute approximate surface area is 199 Å². The van der Waals surface area contributed by atoms with E-state index in [1.807, 2.05) is 19.9 Å². The van der Waals surface area contributed by atoms with Crippen molar-refractivity contribution in [2.24, 2.45) is 0 Å². The molecule has 0 saturated heterocycles. The molecular weight excluding hydrogens is 451 g/mol. The molecule has 1 unspecified atom stereocenters. The Kier molecular flexibility index (Phi) is 7.87. The van der Waals surface area contributed by atoms with Gasteiger partial charge < -0.3 is 14.0 Å². The number of hydrogen-bond acceptors (Lipinski definition) is 6. The third kappa shape index (κ3) is 4.59. The zero-order chi connectivity index (χ0) is 24.7. The van der Waals surface area contributed by atoms with Gasteiger partial charge in [0, 0.05) is 5.57 Å². The van der Waals surface area contributed by atoms with Crippen LogP contribution in [0.1, 0.15) is 30.6 Å². The van der Waals surface area contributed by atoms with E-state index in [9.17, 15) is 14.2 Å². The maximum absolute atomic E-state index is 14.9. The fraction of sp³-hybridized carbons (Fsp3) is 0.111. The summed E-state index contributed by atoms with van der Waals surface area (Å²) >= 11 is 0. The highest BCUT2D eigenvalue weighted by Crippen LogP contribution is 2.73. The van der Waals surface area contributed by atoms with Gasteiger partial charge in [0.1, 0.15) is 22.9 Å². The van der Waals surface area contributed by atoms with Gasteiger partial charge in [-0.05, 0) is 60.9 Å². The quantitative estimate of drug-likeness (QED) is 0.299. The van der Waals surface area contributed by atoms with Crippen LogP contribution in [0, 0.1) is 0 Å². The van der Waals surface area contributed by atoms with E-state index >= 15 is 0 Å². The van der Waals surface area contributed by atoms with Crippen LogP contribution >= 0.6 is 7.37 Å². The maximum atomic E-state index is 14.9. The van der Waals surface area contributed by atoms with E-state index in [0.717, 1.165) is 5.57 Å². The Morgan fingerprint density at radius 3 is 1.68 bits per heavy atom. The summed E-state index contributed by atoms with van der Waals surface area (Å²) < 4.78 is 31.0. The van der Waals surface area contributed by atoms with Crippen molar-refractivity contribution in [2.75, 3.05) is 0 Å². The van der Waals surface area contributed by atoms with E-state index in [0.29, 0.717) is 52.2 Å². The second-order valence-corrected chi connectivity index (χ2v) is 9.59. The summed E-state index contributed by atoms with van der Waals surface area (Å²) in [5, 5.41) is 0.557. The van der Waals surface area contributed by atoms with E-state index in [2.05, 4.69) is 13.2 Å². The van der Waals surface area contributed by atoms with Gasteiger partial charge in [0.2, 0.25) is 0 Å². The van der Waals surface area contributed by atoms with Gasteiger partial charge in [-0.2, -0.15) is 0 Å². The van der Waals surface area contributed by atoms with Crippen LogP contribution < -0.4 is 9.47 Å². The van der Waals surface area contributed by atoms with E-state index in [-0.39, 0.29) is 0 Å². The predicted octanol–water partition coefficient (Wildman–Crippen LogP) is 6.63. The van der Waals surface area contributed by atoms with Crippen molar-refractivity contribution in [1.82, 2.24) is 0 Å². The summed E-state index contributed by atoms with van der Waals surface area (Å²) in [4.78, 5) is 21.4. The first kappa shape index (κ1) is 24.7. The lowest BCUT2D eigenvalue weighted by atomic mass is 10.0. The van der Waals surface area contributed by atoms with Gasteiger partial charge in [-0.3, -0.25) is 14.2 Å². The van der Waals surface area contributed by atoms with Crippen LogP contribution in [0.15, 0.2) is 108 Å². The highest BCUT2D eigenvalue weighted by atomic mass is 31.2. The zero-order valence-corrected chi connectivity index (χ0v) is 19.9. The molecule has 1 heterocycles. The van der Waals surface area contributed by atoms with E-state index in [1.54, 1.807) is 60.7 Å². The van der Waals surface area contributed by atoms with Gasteiger partial charge in [0.15, 0.2) is 0 Å². The van der Waals surface area contributed by atoms with E-state index in [1.165, 1.54) is 6.08 Å². The molecule has 174 valence electrons. The fourth-order valence-electron chi connectivity index (χ4n) is 4.02. The SMILES string of the molecule is C=CC1=C(C=C)C(=C/C)/C(=C\C)P(=O)(C(c2ccc(OC=O)cc2)c2ccc(OC=O)cc2)O1. The van der Waals surface area contributed by atoms with Crippen molar-refractivity contribution in [2.45, 2.75) is 19.5 Å². The molecule has 34 heavy (non-hydrogen) atoms. The van der Waals surface area contributed by atoms with Gasteiger partial charge in [-0.1, -0.05) is 55.7 Å². The van der Waals surface area contributed by atoms with Crippen molar-refractivity contribution in [3.05, 3.63) is 119 Å². The monoisotopic (exact) mass is 476 g/mol. The highest BCUT2D eigenvalue weighted by molar-refractivity contribution is 7.64. The Hall–Kier alpha value is -3.89. The summed E-state index contributed by atoms with van der Waals surface area (Å²) in [6, 6.07) is 13.5. The molecule has 2 aromatic rings. The summed E-state index contributed by atoms with van der Waals surface area (Å²) in [6.45, 7) is 12.1. The average Bonchev–Trinajstić information content (AvgIpc) is 2.85. The largest absolute Gasteiger partial charge is 0.439 e. The minimum absolute atomic E-state index is 0.346.